The van der Waals surface area contributed by atoms with E-state index in [-0.39, 0.29) is 21.9 Å². The third kappa shape index (κ3) is 6.13. The molecule has 0 unspecified atom stereocenters. The van der Waals surface area contributed by atoms with Crippen LogP contribution in [0.15, 0.2) is 82.6 Å². The highest BCUT2D eigenvalue weighted by molar-refractivity contribution is 8.82. The van der Waals surface area contributed by atoms with Crippen molar-refractivity contribution in [2.75, 3.05) is 0 Å². The summed E-state index contributed by atoms with van der Waals surface area (Å²) in [7, 11) is 4.58. The van der Waals surface area contributed by atoms with Crippen molar-refractivity contribution >= 4 is 53.4 Å². The number of carbonyl (C=O) groups is 2. The Morgan fingerprint density at radius 3 is 1.18 bits per heavy atom. The summed E-state index contributed by atoms with van der Waals surface area (Å²) < 4.78 is 25.8. The average molecular weight is 451 g/mol. The van der Waals surface area contributed by atoms with Gasteiger partial charge in [-0.3, -0.25) is 9.59 Å². The Bertz CT molecular complexity index is 879. The van der Waals surface area contributed by atoms with Gasteiger partial charge in [0.15, 0.2) is 0 Å². The molecule has 0 bridgehead atoms. The van der Waals surface area contributed by atoms with E-state index < -0.39 is 0 Å². The lowest BCUT2D eigenvalue weighted by atomic mass is 10.2. The van der Waals surface area contributed by atoms with Crippen molar-refractivity contribution in [1.29, 1.82) is 0 Å². The molecule has 0 radical (unpaired) electrons. The number of hydrogen-bond acceptors (Lipinski definition) is 6. The van der Waals surface area contributed by atoms with Gasteiger partial charge in [0, 0.05) is 20.9 Å². The van der Waals surface area contributed by atoms with Crippen molar-refractivity contribution in [3.63, 3.8) is 0 Å². The summed E-state index contributed by atoms with van der Waals surface area (Å²) in [6, 6.07) is 18.2. The lowest BCUT2D eigenvalue weighted by Crippen LogP contribution is -1.95. The largest absolute Gasteiger partial charge is 0.281 e. The predicted octanol–water partition coefficient (Wildman–Crippen LogP) is 7.13. The standard InChI is InChI=1S/C20H12F2O2S4/c21-15-5-9-17(10-6-15)25-27-19(23)13-1-2-14(4-3-13)20(24)28-26-18-11-7-16(22)8-12-18/h1-12H. The fraction of sp³-hybridized carbons (Fsp3) is 0. The molecule has 0 saturated carbocycles. The van der Waals surface area contributed by atoms with Crippen LogP contribution in [0, 0.1) is 11.6 Å². The second-order valence-corrected chi connectivity index (χ2v) is 9.74. The molecule has 3 aromatic rings. The van der Waals surface area contributed by atoms with Gasteiger partial charge in [0.05, 0.1) is 0 Å². The minimum absolute atomic E-state index is 0.151. The lowest BCUT2D eigenvalue weighted by molar-refractivity contribution is 0.108. The number of carbonyl (C=O) groups excluding carboxylic acids is 2. The fourth-order valence-corrected chi connectivity index (χ4v) is 5.57. The molecule has 0 fully saturated rings. The van der Waals surface area contributed by atoms with E-state index in [4.69, 9.17) is 0 Å². The van der Waals surface area contributed by atoms with Crippen LogP contribution in [-0.4, -0.2) is 10.2 Å². The molecule has 142 valence electrons. The van der Waals surface area contributed by atoms with E-state index in [1.165, 1.54) is 45.9 Å². The molecule has 0 aliphatic rings. The zero-order valence-corrected chi connectivity index (χ0v) is 17.4. The Morgan fingerprint density at radius 1 is 0.536 bits per heavy atom. The smallest absolute Gasteiger partial charge is 0.230 e. The first-order valence-corrected chi connectivity index (χ1v) is 12.2. The summed E-state index contributed by atoms with van der Waals surface area (Å²) in [5.41, 5.74) is 0.958. The SMILES string of the molecule is O=C(SSc1ccc(F)cc1)c1ccc(C(=O)SSc2ccc(F)cc2)cc1. The van der Waals surface area contributed by atoms with Gasteiger partial charge in [-0.2, -0.15) is 0 Å². The number of rotatable bonds is 6. The third-order valence-corrected chi connectivity index (χ3v) is 7.84. The Balaban J connectivity index is 1.53. The van der Waals surface area contributed by atoms with E-state index in [9.17, 15) is 18.4 Å². The Morgan fingerprint density at radius 2 is 0.857 bits per heavy atom. The fourth-order valence-electron chi connectivity index (χ4n) is 1.99. The summed E-state index contributed by atoms with van der Waals surface area (Å²) in [5.74, 6) is -0.646. The van der Waals surface area contributed by atoms with Crippen LogP contribution >= 0.6 is 43.2 Å². The second-order valence-electron chi connectivity index (χ2n) is 5.39. The molecule has 3 aromatic carbocycles. The van der Waals surface area contributed by atoms with Crippen LogP contribution in [-0.2, 0) is 0 Å². The maximum absolute atomic E-state index is 12.9. The zero-order chi connectivity index (χ0) is 19.9. The molecule has 0 aliphatic carbocycles. The highest BCUT2D eigenvalue weighted by atomic mass is 33.1. The van der Waals surface area contributed by atoms with E-state index in [1.54, 1.807) is 48.5 Å². The van der Waals surface area contributed by atoms with Gasteiger partial charge in [-0.1, -0.05) is 0 Å². The predicted molar refractivity (Wildman–Crippen MR) is 115 cm³/mol. The molecular weight excluding hydrogens is 438 g/mol. The van der Waals surface area contributed by atoms with Gasteiger partial charge in [0.25, 0.3) is 0 Å². The molecule has 0 atom stereocenters. The molecule has 0 amide bonds. The average Bonchev–Trinajstić information content (AvgIpc) is 2.72. The van der Waals surface area contributed by atoms with Gasteiger partial charge in [-0.15, -0.1) is 0 Å². The zero-order valence-electron chi connectivity index (χ0n) is 14.1. The first-order valence-electron chi connectivity index (χ1n) is 7.90. The van der Waals surface area contributed by atoms with Crippen molar-refractivity contribution in [2.45, 2.75) is 9.79 Å². The van der Waals surface area contributed by atoms with E-state index in [0.717, 1.165) is 31.4 Å². The molecule has 3 rings (SSSR count). The van der Waals surface area contributed by atoms with Crippen LogP contribution in [0.25, 0.3) is 0 Å². The van der Waals surface area contributed by atoms with E-state index in [1.807, 2.05) is 0 Å². The minimum Gasteiger partial charge on any atom is -0.281 e. The van der Waals surface area contributed by atoms with Crippen molar-refractivity contribution in [3.05, 3.63) is 95.6 Å². The Labute approximate surface area is 176 Å². The quantitative estimate of drug-likeness (QED) is 0.372. The Kier molecular flexibility index (Phi) is 7.61. The minimum atomic E-state index is -0.323. The van der Waals surface area contributed by atoms with Gasteiger partial charge in [0.1, 0.15) is 11.6 Å². The van der Waals surface area contributed by atoms with Gasteiger partial charge >= 0.3 is 0 Å². The van der Waals surface area contributed by atoms with Gasteiger partial charge in [0.2, 0.25) is 10.2 Å². The maximum Gasteiger partial charge on any atom is 0.230 e. The summed E-state index contributed by atoms with van der Waals surface area (Å²) in [5, 5.41) is -0.302. The van der Waals surface area contributed by atoms with Crippen LogP contribution in [0.4, 0.5) is 8.78 Å². The monoisotopic (exact) mass is 450 g/mol. The molecular formula is C20H12F2O2S4. The number of benzene rings is 3. The van der Waals surface area contributed by atoms with E-state index >= 15 is 0 Å². The van der Waals surface area contributed by atoms with Crippen molar-refractivity contribution in [2.24, 2.45) is 0 Å². The van der Waals surface area contributed by atoms with Crippen molar-refractivity contribution in [3.8, 4) is 0 Å². The number of hydrogen-bond donors (Lipinski definition) is 0. The molecule has 0 heterocycles. The second kappa shape index (κ2) is 10.2. The first kappa shape index (κ1) is 21.0. The maximum atomic E-state index is 12.9. The van der Waals surface area contributed by atoms with Crippen LogP contribution in [0.1, 0.15) is 20.7 Å². The van der Waals surface area contributed by atoms with E-state index in [2.05, 4.69) is 0 Å². The topological polar surface area (TPSA) is 34.1 Å². The summed E-state index contributed by atoms with van der Waals surface area (Å²) >= 11 is 0. The molecule has 0 aliphatic heterocycles. The van der Waals surface area contributed by atoms with Crippen LogP contribution in [0.2, 0.25) is 0 Å². The molecule has 0 N–H and O–H groups in total. The molecule has 28 heavy (non-hydrogen) atoms. The summed E-state index contributed by atoms with van der Waals surface area (Å²) in [6.45, 7) is 0. The lowest BCUT2D eigenvalue weighted by Gasteiger charge is -2.03. The van der Waals surface area contributed by atoms with Gasteiger partial charge < -0.3 is 0 Å². The molecule has 2 nitrogen and oxygen atoms in total. The van der Waals surface area contributed by atoms with Crippen LogP contribution in [0.3, 0.4) is 0 Å². The van der Waals surface area contributed by atoms with Crippen molar-refractivity contribution < 1.29 is 18.4 Å². The van der Waals surface area contributed by atoms with Crippen molar-refractivity contribution in [1.82, 2.24) is 0 Å². The van der Waals surface area contributed by atoms with E-state index in [0.29, 0.717) is 11.1 Å². The first-order chi connectivity index (χ1) is 13.5. The number of halogens is 2. The molecule has 0 aromatic heterocycles. The Hall–Kier alpha value is -1.74. The summed E-state index contributed by atoms with van der Waals surface area (Å²) in [6.07, 6.45) is 0. The normalized spacial score (nSPS) is 10.6. The highest BCUT2D eigenvalue weighted by Gasteiger charge is 2.12. The van der Waals surface area contributed by atoms with Crippen LogP contribution in [0.5, 0.6) is 0 Å². The van der Waals surface area contributed by atoms with Gasteiger partial charge in [-0.25, -0.2) is 8.78 Å². The molecule has 8 heteroatoms. The summed E-state index contributed by atoms with van der Waals surface area (Å²) in [4.78, 5) is 26.1. The third-order valence-electron chi connectivity index (χ3n) is 3.41. The molecule has 0 spiro atoms. The molecule has 0 saturated heterocycles. The highest BCUT2D eigenvalue weighted by Crippen LogP contribution is 2.35. The van der Waals surface area contributed by atoms with Gasteiger partial charge in [-0.05, 0) is 116 Å². The van der Waals surface area contributed by atoms with Crippen LogP contribution < -0.4 is 0 Å².